The van der Waals surface area contributed by atoms with Gasteiger partial charge in [0.2, 0.25) is 11.0 Å². The number of halogens is 2. The largest absolute Gasteiger partial charge is 0.345 e. The third-order valence-corrected chi connectivity index (χ3v) is 4.51. The van der Waals surface area contributed by atoms with Crippen LogP contribution in [0.15, 0.2) is 0 Å². The molecule has 1 aromatic rings. The second kappa shape index (κ2) is 10.3. The average Bonchev–Trinajstić information content (AvgIpc) is 2.72. The van der Waals surface area contributed by atoms with Crippen LogP contribution in [0.5, 0.6) is 0 Å². The Bertz CT molecular complexity index is 485. The second-order valence-electron chi connectivity index (χ2n) is 6.03. The fourth-order valence-corrected chi connectivity index (χ4v) is 3.31. The molecule has 1 atom stereocenters. The third kappa shape index (κ3) is 6.41. The van der Waals surface area contributed by atoms with Crippen molar-refractivity contribution in [1.29, 1.82) is 0 Å². The summed E-state index contributed by atoms with van der Waals surface area (Å²) in [6.07, 6.45) is 1.69. The van der Waals surface area contributed by atoms with Crippen LogP contribution in [0.4, 0.5) is 5.13 Å². The molecule has 1 aromatic heterocycles. The molecule has 0 bridgehead atoms. The summed E-state index contributed by atoms with van der Waals surface area (Å²) in [5.41, 5.74) is 6.02. The Labute approximate surface area is 154 Å². The molecule has 1 fully saturated rings. The molecule has 1 saturated heterocycles. The lowest BCUT2D eigenvalue weighted by atomic mass is 10.0. The van der Waals surface area contributed by atoms with Gasteiger partial charge in [-0.2, -0.15) is 4.37 Å². The van der Waals surface area contributed by atoms with Crippen LogP contribution in [0.25, 0.3) is 0 Å². The number of aromatic nitrogens is 2. The first-order chi connectivity index (χ1) is 9.97. The Morgan fingerprint density at radius 2 is 1.96 bits per heavy atom. The molecule has 2 N–H and O–H groups in total. The maximum absolute atomic E-state index is 12.4. The lowest BCUT2D eigenvalue weighted by Gasteiger charge is -2.25. The highest BCUT2D eigenvalue weighted by Gasteiger charge is 2.25. The normalized spacial score (nSPS) is 16.4. The van der Waals surface area contributed by atoms with Crippen molar-refractivity contribution in [2.45, 2.75) is 39.7 Å². The molecule has 0 saturated carbocycles. The van der Waals surface area contributed by atoms with E-state index in [0.717, 1.165) is 43.4 Å². The molecule has 2 heterocycles. The van der Waals surface area contributed by atoms with E-state index in [4.69, 9.17) is 5.73 Å². The number of nitrogens with zero attached hydrogens (tertiary/aromatic N) is 4. The molecular formula is C14H27Cl2N5OS. The minimum atomic E-state index is -0.375. The zero-order chi connectivity index (χ0) is 15.4. The van der Waals surface area contributed by atoms with Gasteiger partial charge in [-0.1, -0.05) is 13.8 Å². The van der Waals surface area contributed by atoms with Crippen LogP contribution in [0.3, 0.4) is 0 Å². The van der Waals surface area contributed by atoms with Crippen molar-refractivity contribution in [3.63, 3.8) is 0 Å². The zero-order valence-corrected chi connectivity index (χ0v) is 16.3. The summed E-state index contributed by atoms with van der Waals surface area (Å²) in [6, 6.07) is -0.375. The monoisotopic (exact) mass is 383 g/mol. The van der Waals surface area contributed by atoms with E-state index >= 15 is 0 Å². The van der Waals surface area contributed by atoms with E-state index in [9.17, 15) is 4.79 Å². The highest BCUT2D eigenvalue weighted by molar-refractivity contribution is 7.09. The SMILES string of the molecule is Cc1nsc(N2CCCN(C(=O)[C@@H](N)CC(C)C)CC2)n1.Cl.Cl. The Balaban J connectivity index is 0.00000242. The van der Waals surface area contributed by atoms with Gasteiger partial charge in [0.15, 0.2) is 0 Å². The summed E-state index contributed by atoms with van der Waals surface area (Å²) in [5, 5.41) is 0.952. The molecule has 6 nitrogen and oxygen atoms in total. The van der Waals surface area contributed by atoms with Gasteiger partial charge in [0.1, 0.15) is 5.82 Å². The van der Waals surface area contributed by atoms with Crippen LogP contribution in [-0.4, -0.2) is 52.4 Å². The first-order valence-electron chi connectivity index (χ1n) is 7.57. The van der Waals surface area contributed by atoms with Gasteiger partial charge in [-0.3, -0.25) is 4.79 Å². The lowest BCUT2D eigenvalue weighted by Crippen LogP contribution is -2.45. The van der Waals surface area contributed by atoms with Crippen LogP contribution < -0.4 is 10.6 Å². The second-order valence-corrected chi connectivity index (χ2v) is 6.76. The molecule has 1 aliphatic heterocycles. The van der Waals surface area contributed by atoms with Crippen molar-refractivity contribution in [2.24, 2.45) is 11.7 Å². The van der Waals surface area contributed by atoms with Gasteiger partial charge in [-0.05, 0) is 25.7 Å². The van der Waals surface area contributed by atoms with Crippen LogP contribution in [0.2, 0.25) is 0 Å². The van der Waals surface area contributed by atoms with Crippen molar-refractivity contribution >= 4 is 47.4 Å². The first kappa shape index (κ1) is 22.4. The maximum atomic E-state index is 12.4. The van der Waals surface area contributed by atoms with Gasteiger partial charge >= 0.3 is 0 Å². The molecule has 9 heteroatoms. The van der Waals surface area contributed by atoms with E-state index in [2.05, 4.69) is 28.1 Å². The molecule has 134 valence electrons. The Hall–Kier alpha value is -0.630. The first-order valence-corrected chi connectivity index (χ1v) is 8.34. The highest BCUT2D eigenvalue weighted by Crippen LogP contribution is 2.19. The van der Waals surface area contributed by atoms with E-state index < -0.39 is 0 Å². The fourth-order valence-electron chi connectivity index (χ4n) is 2.59. The summed E-state index contributed by atoms with van der Waals surface area (Å²) < 4.78 is 4.23. The van der Waals surface area contributed by atoms with Crippen molar-refractivity contribution in [2.75, 3.05) is 31.1 Å². The number of rotatable bonds is 4. The molecule has 2 rings (SSSR count). The van der Waals surface area contributed by atoms with E-state index in [1.807, 2.05) is 11.8 Å². The predicted octanol–water partition coefficient (Wildman–Crippen LogP) is 2.10. The fraction of sp³-hybridized carbons (Fsp3) is 0.786. The lowest BCUT2D eigenvalue weighted by molar-refractivity contribution is -0.132. The van der Waals surface area contributed by atoms with Gasteiger partial charge in [-0.25, -0.2) is 4.98 Å². The quantitative estimate of drug-likeness (QED) is 0.861. The summed E-state index contributed by atoms with van der Waals surface area (Å²) >= 11 is 1.43. The highest BCUT2D eigenvalue weighted by atomic mass is 35.5. The number of hydrogen-bond acceptors (Lipinski definition) is 6. The summed E-state index contributed by atoms with van der Waals surface area (Å²) in [5.74, 6) is 1.34. The summed E-state index contributed by atoms with van der Waals surface area (Å²) in [6.45, 7) is 9.29. The molecule has 1 amide bonds. The number of carbonyl (C=O) groups is 1. The standard InChI is InChI=1S/C14H25N5OS.2ClH/c1-10(2)9-12(15)13(20)18-5-4-6-19(8-7-18)14-16-11(3)17-21-14;;/h10,12H,4-9,15H2,1-3H3;2*1H/t12-;;/m0../s1. The van der Waals surface area contributed by atoms with E-state index in [-0.39, 0.29) is 36.8 Å². The van der Waals surface area contributed by atoms with Crippen molar-refractivity contribution < 1.29 is 4.79 Å². The van der Waals surface area contributed by atoms with Crippen LogP contribution in [0.1, 0.15) is 32.5 Å². The van der Waals surface area contributed by atoms with Gasteiger partial charge in [0, 0.05) is 37.7 Å². The molecule has 23 heavy (non-hydrogen) atoms. The molecule has 0 aromatic carbocycles. The number of anilines is 1. The van der Waals surface area contributed by atoms with E-state index in [1.165, 1.54) is 11.5 Å². The van der Waals surface area contributed by atoms with Crippen molar-refractivity contribution in [3.8, 4) is 0 Å². The topological polar surface area (TPSA) is 75.4 Å². The molecule has 0 aliphatic carbocycles. The van der Waals surface area contributed by atoms with Crippen LogP contribution in [0, 0.1) is 12.8 Å². The van der Waals surface area contributed by atoms with E-state index in [1.54, 1.807) is 0 Å². The molecular weight excluding hydrogens is 357 g/mol. The average molecular weight is 384 g/mol. The van der Waals surface area contributed by atoms with Crippen LogP contribution >= 0.6 is 36.3 Å². The van der Waals surface area contributed by atoms with E-state index in [0.29, 0.717) is 12.5 Å². The Morgan fingerprint density at radius 1 is 1.26 bits per heavy atom. The molecule has 0 unspecified atom stereocenters. The predicted molar refractivity (Wildman–Crippen MR) is 100.0 cm³/mol. The number of aryl methyl sites for hydroxylation is 1. The number of nitrogens with two attached hydrogens (primary N) is 1. The van der Waals surface area contributed by atoms with Crippen molar-refractivity contribution in [3.05, 3.63) is 5.82 Å². The van der Waals surface area contributed by atoms with Crippen molar-refractivity contribution in [1.82, 2.24) is 14.3 Å². The molecule has 0 radical (unpaired) electrons. The van der Waals surface area contributed by atoms with Crippen LogP contribution in [-0.2, 0) is 4.79 Å². The summed E-state index contributed by atoms with van der Waals surface area (Å²) in [4.78, 5) is 20.9. The van der Waals surface area contributed by atoms with Gasteiger partial charge in [-0.15, -0.1) is 24.8 Å². The van der Waals surface area contributed by atoms with Gasteiger partial charge in [0.05, 0.1) is 6.04 Å². The number of hydrogen-bond donors (Lipinski definition) is 1. The minimum Gasteiger partial charge on any atom is -0.345 e. The third-order valence-electron chi connectivity index (χ3n) is 3.64. The smallest absolute Gasteiger partial charge is 0.239 e. The number of amides is 1. The van der Waals surface area contributed by atoms with Gasteiger partial charge in [0.25, 0.3) is 0 Å². The number of carbonyl (C=O) groups excluding carboxylic acids is 1. The Morgan fingerprint density at radius 3 is 2.52 bits per heavy atom. The Kier molecular flexibility index (Phi) is 10.00. The molecule has 1 aliphatic rings. The molecule has 0 spiro atoms. The maximum Gasteiger partial charge on any atom is 0.239 e. The summed E-state index contributed by atoms with van der Waals surface area (Å²) in [7, 11) is 0. The van der Waals surface area contributed by atoms with Gasteiger partial charge < -0.3 is 15.5 Å². The minimum absolute atomic E-state index is 0. The zero-order valence-electron chi connectivity index (χ0n) is 13.9.